The fourth-order valence-electron chi connectivity index (χ4n) is 2.13. The van der Waals surface area contributed by atoms with Gasteiger partial charge in [-0.2, -0.15) is 5.10 Å². The Hall–Kier alpha value is -2.05. The molecule has 1 fully saturated rings. The van der Waals surface area contributed by atoms with Crippen molar-refractivity contribution in [3.05, 3.63) is 73.3 Å². The van der Waals surface area contributed by atoms with E-state index in [9.17, 15) is 9.59 Å². The van der Waals surface area contributed by atoms with Crippen LogP contribution in [0.15, 0.2) is 47.2 Å². The summed E-state index contributed by atoms with van der Waals surface area (Å²) < 4.78 is 0. The van der Waals surface area contributed by atoms with Crippen LogP contribution >= 0.6 is 46.4 Å². The first-order valence-electron chi connectivity index (χ1n) is 7.16. The smallest absolute Gasteiger partial charge is 0.301 e. The number of urea groups is 1. The summed E-state index contributed by atoms with van der Waals surface area (Å²) in [7, 11) is 0. The van der Waals surface area contributed by atoms with Gasteiger partial charge in [0.15, 0.2) is 0 Å². The van der Waals surface area contributed by atoms with Crippen LogP contribution in [0.1, 0.15) is 11.1 Å². The quantitative estimate of drug-likeness (QED) is 0.413. The molecule has 132 valence electrons. The molecule has 0 aromatic heterocycles. The Morgan fingerprint density at radius 3 is 2.04 bits per heavy atom. The summed E-state index contributed by atoms with van der Waals surface area (Å²) in [5.74, 6) is -0.623. The first kappa shape index (κ1) is 18.7. The van der Waals surface area contributed by atoms with E-state index >= 15 is 0 Å². The maximum Gasteiger partial charge on any atom is 0.350 e. The molecule has 1 N–H and O–H groups in total. The zero-order valence-corrected chi connectivity index (χ0v) is 15.9. The van der Waals surface area contributed by atoms with Crippen LogP contribution in [0.4, 0.5) is 4.79 Å². The van der Waals surface area contributed by atoms with E-state index in [0.717, 1.165) is 0 Å². The molecule has 0 spiro atoms. The van der Waals surface area contributed by atoms with Crippen LogP contribution in [0, 0.1) is 0 Å². The summed E-state index contributed by atoms with van der Waals surface area (Å²) in [6.45, 7) is 0. The minimum Gasteiger partial charge on any atom is -0.301 e. The summed E-state index contributed by atoms with van der Waals surface area (Å²) >= 11 is 23.8. The van der Waals surface area contributed by atoms with E-state index in [1.54, 1.807) is 24.3 Å². The fraction of sp³-hybridized carbons (Fsp3) is 0. The van der Waals surface area contributed by atoms with Gasteiger partial charge < -0.3 is 5.32 Å². The topological polar surface area (TPSA) is 61.8 Å². The van der Waals surface area contributed by atoms with Gasteiger partial charge in [-0.25, -0.2) is 4.79 Å². The van der Waals surface area contributed by atoms with Crippen LogP contribution < -0.4 is 5.32 Å². The molecule has 1 saturated heterocycles. The van der Waals surface area contributed by atoms with Crippen LogP contribution in [0.25, 0.3) is 6.08 Å². The number of carbonyl (C=O) groups is 2. The van der Waals surface area contributed by atoms with Crippen LogP contribution in [0.2, 0.25) is 20.1 Å². The van der Waals surface area contributed by atoms with E-state index in [1.165, 1.54) is 24.4 Å². The van der Waals surface area contributed by atoms with Gasteiger partial charge in [0.1, 0.15) is 5.70 Å². The highest BCUT2D eigenvalue weighted by Crippen LogP contribution is 2.24. The lowest BCUT2D eigenvalue weighted by Crippen LogP contribution is -2.25. The molecule has 2 aromatic carbocycles. The molecule has 1 aliphatic heterocycles. The molecule has 0 radical (unpaired) electrons. The number of amides is 3. The van der Waals surface area contributed by atoms with Gasteiger partial charge in [0, 0.05) is 20.6 Å². The Kier molecular flexibility index (Phi) is 5.53. The number of hydrogen-bond acceptors (Lipinski definition) is 3. The molecule has 2 aromatic rings. The van der Waals surface area contributed by atoms with Crippen molar-refractivity contribution in [2.24, 2.45) is 5.10 Å². The van der Waals surface area contributed by atoms with Gasteiger partial charge in [-0.15, -0.1) is 5.01 Å². The summed E-state index contributed by atoms with van der Waals surface area (Å²) in [5.41, 5.74) is 1.08. The van der Waals surface area contributed by atoms with E-state index in [1.807, 2.05) is 0 Å². The van der Waals surface area contributed by atoms with Crippen molar-refractivity contribution in [3.8, 4) is 0 Å². The average molecular weight is 429 g/mol. The summed E-state index contributed by atoms with van der Waals surface area (Å²) in [6, 6.07) is 8.88. The first-order chi connectivity index (χ1) is 12.3. The summed E-state index contributed by atoms with van der Waals surface area (Å²) in [5, 5.41) is 8.66. The molecule has 0 aliphatic carbocycles. The van der Waals surface area contributed by atoms with Crippen molar-refractivity contribution in [1.29, 1.82) is 0 Å². The lowest BCUT2D eigenvalue weighted by molar-refractivity contribution is -0.122. The fourth-order valence-corrected chi connectivity index (χ4v) is 3.05. The monoisotopic (exact) mass is 427 g/mol. The molecule has 0 bridgehead atoms. The molecule has 26 heavy (non-hydrogen) atoms. The molecule has 0 unspecified atom stereocenters. The number of imide groups is 1. The summed E-state index contributed by atoms with van der Waals surface area (Å²) in [6.07, 6.45) is 2.75. The maximum absolute atomic E-state index is 12.4. The number of rotatable bonds is 3. The predicted molar refractivity (Wildman–Crippen MR) is 104 cm³/mol. The normalized spacial score (nSPS) is 16.0. The van der Waals surface area contributed by atoms with Crippen LogP contribution in [-0.4, -0.2) is 23.2 Å². The Balaban J connectivity index is 1.84. The molecule has 3 rings (SSSR count). The zero-order valence-electron chi connectivity index (χ0n) is 12.8. The largest absolute Gasteiger partial charge is 0.350 e. The van der Waals surface area contributed by atoms with Crippen molar-refractivity contribution in [2.75, 3.05) is 0 Å². The number of halogens is 4. The molecule has 0 atom stereocenters. The van der Waals surface area contributed by atoms with Gasteiger partial charge in [-0.1, -0.05) is 58.5 Å². The lowest BCUT2D eigenvalue weighted by Gasteiger charge is -2.04. The van der Waals surface area contributed by atoms with E-state index in [0.29, 0.717) is 36.2 Å². The average Bonchev–Trinajstić information content (AvgIpc) is 2.83. The number of hydrazone groups is 1. The number of nitrogens with zero attached hydrogens (tertiary/aromatic N) is 2. The Labute approximate surface area is 168 Å². The molecule has 0 saturated carbocycles. The zero-order chi connectivity index (χ0) is 18.8. The highest BCUT2D eigenvalue weighted by atomic mass is 35.5. The highest BCUT2D eigenvalue weighted by molar-refractivity contribution is 6.36. The molecule has 5 nitrogen and oxygen atoms in total. The number of nitrogens with one attached hydrogen (secondary N) is 1. The van der Waals surface area contributed by atoms with Gasteiger partial charge in [0.25, 0.3) is 5.91 Å². The molecule has 3 amide bonds. The third kappa shape index (κ3) is 4.02. The Bertz CT molecular complexity index is 972. The van der Waals surface area contributed by atoms with Crippen LogP contribution in [0.3, 0.4) is 0 Å². The second-order valence-corrected chi connectivity index (χ2v) is 6.87. The molecular formula is C17H9Cl4N3O2. The van der Waals surface area contributed by atoms with Gasteiger partial charge >= 0.3 is 6.03 Å². The second-order valence-electron chi connectivity index (χ2n) is 5.18. The minimum absolute atomic E-state index is 0.0403. The van der Waals surface area contributed by atoms with E-state index in [2.05, 4.69) is 10.4 Å². The van der Waals surface area contributed by atoms with Crippen molar-refractivity contribution < 1.29 is 9.59 Å². The third-order valence-electron chi connectivity index (χ3n) is 3.39. The first-order valence-corrected chi connectivity index (χ1v) is 8.67. The van der Waals surface area contributed by atoms with Crippen LogP contribution in [-0.2, 0) is 4.79 Å². The molecule has 9 heteroatoms. The van der Waals surface area contributed by atoms with E-state index < -0.39 is 11.9 Å². The SMILES string of the molecule is O=C1NC(=Cc2ccc(Cl)cc2Cl)C(=O)N1N=Cc1ccc(Cl)cc1Cl. The number of hydrogen-bond donors (Lipinski definition) is 1. The number of carbonyl (C=O) groups excluding carboxylic acids is 2. The third-order valence-corrected chi connectivity index (χ3v) is 4.52. The second kappa shape index (κ2) is 7.68. The van der Waals surface area contributed by atoms with Gasteiger partial charge in [0.2, 0.25) is 0 Å². The molecule has 1 heterocycles. The van der Waals surface area contributed by atoms with Crippen molar-refractivity contribution in [3.63, 3.8) is 0 Å². The van der Waals surface area contributed by atoms with Gasteiger partial charge in [0.05, 0.1) is 11.2 Å². The molecule has 1 aliphatic rings. The number of benzene rings is 2. The Morgan fingerprint density at radius 1 is 0.885 bits per heavy atom. The van der Waals surface area contributed by atoms with Crippen LogP contribution in [0.5, 0.6) is 0 Å². The molecular weight excluding hydrogens is 420 g/mol. The lowest BCUT2D eigenvalue weighted by atomic mass is 10.2. The van der Waals surface area contributed by atoms with E-state index in [-0.39, 0.29) is 5.70 Å². The van der Waals surface area contributed by atoms with Crippen molar-refractivity contribution in [2.45, 2.75) is 0 Å². The van der Waals surface area contributed by atoms with Crippen molar-refractivity contribution >= 4 is 70.6 Å². The van der Waals surface area contributed by atoms with Gasteiger partial charge in [-0.3, -0.25) is 4.79 Å². The van der Waals surface area contributed by atoms with E-state index in [4.69, 9.17) is 46.4 Å². The van der Waals surface area contributed by atoms with Crippen molar-refractivity contribution in [1.82, 2.24) is 10.3 Å². The Morgan fingerprint density at radius 2 is 1.46 bits per heavy atom. The highest BCUT2D eigenvalue weighted by Gasteiger charge is 2.33. The standard InChI is InChI=1S/C17H9Cl4N3O2/c18-11-3-1-9(13(20)6-11)5-15-16(25)24(17(26)23-15)22-8-10-2-4-12(19)7-14(10)21/h1-8H,(H,23,26). The summed E-state index contributed by atoms with van der Waals surface area (Å²) in [4.78, 5) is 24.4. The van der Waals surface area contributed by atoms with Gasteiger partial charge in [-0.05, 0) is 35.9 Å². The predicted octanol–water partition coefficient (Wildman–Crippen LogP) is 5.23. The maximum atomic E-state index is 12.4. The minimum atomic E-state index is -0.687.